The van der Waals surface area contributed by atoms with E-state index in [0.717, 1.165) is 11.1 Å². The van der Waals surface area contributed by atoms with Crippen molar-refractivity contribution in [2.45, 2.75) is 12.3 Å². The summed E-state index contributed by atoms with van der Waals surface area (Å²) < 4.78 is 5.24. The van der Waals surface area contributed by atoms with Crippen LogP contribution in [0.2, 0.25) is 0 Å². The molecule has 2 atom stereocenters. The second-order valence-corrected chi connectivity index (χ2v) is 3.17. The minimum Gasteiger partial charge on any atom is -0.387 e. The molecule has 1 heterocycles. The van der Waals surface area contributed by atoms with Gasteiger partial charge in [-0.25, -0.2) is 0 Å². The van der Waals surface area contributed by atoms with Gasteiger partial charge in [0.1, 0.15) is 6.23 Å². The van der Waals surface area contributed by atoms with E-state index in [1.807, 2.05) is 24.3 Å². The van der Waals surface area contributed by atoms with E-state index in [1.54, 1.807) is 7.11 Å². The minimum atomic E-state index is -0.414. The maximum atomic E-state index is 9.66. The van der Waals surface area contributed by atoms with Gasteiger partial charge in [-0.1, -0.05) is 24.3 Å². The Bertz CT molecular complexity index is 301. The molecule has 0 fully saturated rings. The van der Waals surface area contributed by atoms with E-state index >= 15 is 0 Å². The lowest BCUT2D eigenvalue weighted by Gasteiger charge is -2.28. The average Bonchev–Trinajstić information content (AvgIpc) is 2.19. The molecule has 0 radical (unpaired) electrons. The van der Waals surface area contributed by atoms with Gasteiger partial charge >= 0.3 is 0 Å². The SMILES string of the molecule is COC1NCC(O)c2ccccc21. The van der Waals surface area contributed by atoms with Crippen molar-refractivity contribution in [3.63, 3.8) is 0 Å². The standard InChI is InChI=1S/C10H13NO2/c1-13-10-8-5-3-2-4-7(8)9(12)6-11-10/h2-5,9-12H,6H2,1H3. The molecule has 0 saturated heterocycles. The maximum absolute atomic E-state index is 9.66. The fourth-order valence-corrected chi connectivity index (χ4v) is 1.70. The lowest BCUT2D eigenvalue weighted by molar-refractivity contribution is 0.0400. The summed E-state index contributed by atoms with van der Waals surface area (Å²) in [5.41, 5.74) is 2.00. The number of nitrogens with one attached hydrogen (secondary N) is 1. The molecular weight excluding hydrogens is 166 g/mol. The van der Waals surface area contributed by atoms with Crippen LogP contribution in [0.3, 0.4) is 0 Å². The van der Waals surface area contributed by atoms with Crippen molar-refractivity contribution in [1.82, 2.24) is 5.32 Å². The van der Waals surface area contributed by atoms with Crippen LogP contribution in [0.25, 0.3) is 0 Å². The molecule has 1 aliphatic rings. The third-order valence-electron chi connectivity index (χ3n) is 2.37. The van der Waals surface area contributed by atoms with Crippen molar-refractivity contribution < 1.29 is 9.84 Å². The molecule has 1 aromatic carbocycles. The summed E-state index contributed by atoms with van der Waals surface area (Å²) in [6.45, 7) is 0.551. The van der Waals surface area contributed by atoms with Crippen molar-refractivity contribution >= 4 is 0 Å². The fraction of sp³-hybridized carbons (Fsp3) is 0.400. The molecule has 0 saturated carbocycles. The summed E-state index contributed by atoms with van der Waals surface area (Å²) in [5, 5.41) is 12.8. The first-order valence-corrected chi connectivity index (χ1v) is 4.36. The molecule has 0 aromatic heterocycles. The van der Waals surface area contributed by atoms with Gasteiger partial charge in [0.15, 0.2) is 0 Å². The Labute approximate surface area is 77.3 Å². The first-order chi connectivity index (χ1) is 6.33. The monoisotopic (exact) mass is 179 g/mol. The number of β-amino-alcohol motifs (C(OH)–C–C–N with tert-alkyl or cyclic N) is 1. The summed E-state index contributed by atoms with van der Waals surface area (Å²) in [4.78, 5) is 0. The molecule has 3 nitrogen and oxygen atoms in total. The Balaban J connectivity index is 2.42. The number of aliphatic hydroxyl groups is 1. The summed E-state index contributed by atoms with van der Waals surface area (Å²) in [6.07, 6.45) is -0.498. The quantitative estimate of drug-likeness (QED) is 0.675. The van der Waals surface area contributed by atoms with Crippen LogP contribution in [-0.2, 0) is 4.74 Å². The lowest BCUT2D eigenvalue weighted by Crippen LogP contribution is -2.33. The van der Waals surface area contributed by atoms with E-state index in [9.17, 15) is 5.11 Å². The van der Waals surface area contributed by atoms with Crippen LogP contribution in [0.15, 0.2) is 24.3 Å². The van der Waals surface area contributed by atoms with Crippen molar-refractivity contribution in [2.24, 2.45) is 0 Å². The zero-order chi connectivity index (χ0) is 9.26. The van der Waals surface area contributed by atoms with E-state index in [4.69, 9.17) is 4.74 Å². The highest BCUT2D eigenvalue weighted by atomic mass is 16.5. The van der Waals surface area contributed by atoms with Crippen LogP contribution in [0.5, 0.6) is 0 Å². The first kappa shape index (κ1) is 8.69. The zero-order valence-electron chi connectivity index (χ0n) is 7.53. The number of aliphatic hydroxyl groups excluding tert-OH is 1. The number of methoxy groups -OCH3 is 1. The van der Waals surface area contributed by atoms with Gasteiger partial charge in [-0.3, -0.25) is 5.32 Å². The fourth-order valence-electron chi connectivity index (χ4n) is 1.70. The molecule has 13 heavy (non-hydrogen) atoms. The molecule has 1 aromatic rings. The van der Waals surface area contributed by atoms with Gasteiger partial charge in [0, 0.05) is 19.2 Å². The van der Waals surface area contributed by atoms with Crippen molar-refractivity contribution in [3.05, 3.63) is 35.4 Å². The van der Waals surface area contributed by atoms with Gasteiger partial charge in [0.25, 0.3) is 0 Å². The highest BCUT2D eigenvalue weighted by Gasteiger charge is 2.24. The van der Waals surface area contributed by atoms with Gasteiger partial charge < -0.3 is 9.84 Å². The Morgan fingerprint density at radius 1 is 1.38 bits per heavy atom. The highest BCUT2D eigenvalue weighted by molar-refractivity contribution is 5.32. The van der Waals surface area contributed by atoms with Crippen LogP contribution in [0.1, 0.15) is 23.5 Å². The number of ether oxygens (including phenoxy) is 1. The Kier molecular flexibility index (Phi) is 2.31. The number of hydrogen-bond donors (Lipinski definition) is 2. The molecule has 2 unspecified atom stereocenters. The molecule has 0 bridgehead atoms. The second-order valence-electron chi connectivity index (χ2n) is 3.17. The second kappa shape index (κ2) is 3.46. The molecule has 0 spiro atoms. The van der Waals surface area contributed by atoms with Gasteiger partial charge in [-0.2, -0.15) is 0 Å². The zero-order valence-corrected chi connectivity index (χ0v) is 7.53. The lowest BCUT2D eigenvalue weighted by atomic mass is 9.97. The van der Waals surface area contributed by atoms with Crippen molar-refractivity contribution in [1.29, 1.82) is 0 Å². The minimum absolute atomic E-state index is 0.0837. The summed E-state index contributed by atoms with van der Waals surface area (Å²) in [6, 6.07) is 7.79. The van der Waals surface area contributed by atoms with Crippen LogP contribution in [0.4, 0.5) is 0 Å². The Hall–Kier alpha value is -0.900. The third-order valence-corrected chi connectivity index (χ3v) is 2.37. The summed E-state index contributed by atoms with van der Waals surface area (Å²) in [5.74, 6) is 0. The maximum Gasteiger partial charge on any atom is 0.134 e. The van der Waals surface area contributed by atoms with Crippen LogP contribution < -0.4 is 5.32 Å². The largest absolute Gasteiger partial charge is 0.387 e. The number of hydrogen-bond acceptors (Lipinski definition) is 3. The number of benzene rings is 1. The van der Waals surface area contributed by atoms with E-state index in [0.29, 0.717) is 6.54 Å². The van der Waals surface area contributed by atoms with E-state index in [1.165, 1.54) is 0 Å². The van der Waals surface area contributed by atoms with Gasteiger partial charge in [0.05, 0.1) is 6.10 Å². The highest BCUT2D eigenvalue weighted by Crippen LogP contribution is 2.28. The first-order valence-electron chi connectivity index (χ1n) is 4.36. The molecule has 0 amide bonds. The van der Waals surface area contributed by atoms with Crippen LogP contribution in [-0.4, -0.2) is 18.8 Å². The normalized spacial score (nSPS) is 26.9. The number of rotatable bonds is 1. The molecule has 70 valence electrons. The van der Waals surface area contributed by atoms with Gasteiger partial charge in [-0.15, -0.1) is 0 Å². The molecule has 2 N–H and O–H groups in total. The third kappa shape index (κ3) is 1.46. The predicted octanol–water partition coefficient (Wildman–Crippen LogP) is 0.968. The molecule has 2 rings (SSSR count). The smallest absolute Gasteiger partial charge is 0.134 e. The average molecular weight is 179 g/mol. The van der Waals surface area contributed by atoms with E-state index in [2.05, 4.69) is 5.32 Å². The molecular formula is C10H13NO2. The molecule has 3 heteroatoms. The number of fused-ring (bicyclic) bond motifs is 1. The van der Waals surface area contributed by atoms with Crippen LogP contribution in [0, 0.1) is 0 Å². The van der Waals surface area contributed by atoms with Crippen molar-refractivity contribution in [2.75, 3.05) is 13.7 Å². The molecule has 1 aliphatic heterocycles. The Morgan fingerprint density at radius 2 is 2.08 bits per heavy atom. The van der Waals surface area contributed by atoms with E-state index < -0.39 is 6.10 Å². The van der Waals surface area contributed by atoms with Gasteiger partial charge in [-0.05, 0) is 5.56 Å². The topological polar surface area (TPSA) is 41.5 Å². The van der Waals surface area contributed by atoms with E-state index in [-0.39, 0.29) is 6.23 Å². The predicted molar refractivity (Wildman–Crippen MR) is 49.2 cm³/mol. The Morgan fingerprint density at radius 3 is 2.77 bits per heavy atom. The summed E-state index contributed by atoms with van der Waals surface area (Å²) >= 11 is 0. The van der Waals surface area contributed by atoms with Gasteiger partial charge in [0.2, 0.25) is 0 Å². The molecule has 0 aliphatic carbocycles. The van der Waals surface area contributed by atoms with Crippen LogP contribution >= 0.6 is 0 Å². The summed E-state index contributed by atoms with van der Waals surface area (Å²) in [7, 11) is 1.66. The van der Waals surface area contributed by atoms with Crippen molar-refractivity contribution in [3.8, 4) is 0 Å².